The van der Waals surface area contributed by atoms with Crippen molar-refractivity contribution in [2.75, 3.05) is 18.5 Å². The van der Waals surface area contributed by atoms with E-state index < -0.39 is 0 Å². The van der Waals surface area contributed by atoms with E-state index in [2.05, 4.69) is 15.6 Å². The molecular weight excluding hydrogens is 326 g/mol. The van der Waals surface area contributed by atoms with E-state index >= 15 is 0 Å². The molecule has 2 aromatic rings. The molecule has 126 valence electrons. The molecule has 24 heavy (non-hydrogen) atoms. The lowest BCUT2D eigenvalue weighted by molar-refractivity contribution is 0.0854. The SMILES string of the molecule is O=C(NCC1CCCO1)c1ccc(NCc2ccccc2Cl)cn1. The second kappa shape index (κ2) is 8.13. The molecule has 1 aromatic carbocycles. The molecule has 1 unspecified atom stereocenters. The second-order valence-corrected chi connectivity index (χ2v) is 6.13. The van der Waals surface area contributed by atoms with Gasteiger partial charge < -0.3 is 15.4 Å². The number of anilines is 1. The van der Waals surface area contributed by atoms with Crippen LogP contribution in [0.2, 0.25) is 5.02 Å². The number of nitrogens with one attached hydrogen (secondary N) is 2. The molecule has 0 bridgehead atoms. The molecule has 5 nitrogen and oxygen atoms in total. The number of aromatic nitrogens is 1. The van der Waals surface area contributed by atoms with Gasteiger partial charge in [-0.1, -0.05) is 29.8 Å². The van der Waals surface area contributed by atoms with Gasteiger partial charge in [-0.15, -0.1) is 0 Å². The predicted molar refractivity (Wildman–Crippen MR) is 94.3 cm³/mol. The monoisotopic (exact) mass is 345 g/mol. The molecule has 0 saturated carbocycles. The summed E-state index contributed by atoms with van der Waals surface area (Å²) in [7, 11) is 0. The van der Waals surface area contributed by atoms with Crippen LogP contribution in [0.1, 0.15) is 28.9 Å². The molecule has 1 atom stereocenters. The van der Waals surface area contributed by atoms with Crippen molar-refractivity contribution in [2.24, 2.45) is 0 Å². The average Bonchev–Trinajstić information content (AvgIpc) is 3.13. The largest absolute Gasteiger partial charge is 0.380 e. The first-order chi connectivity index (χ1) is 11.7. The van der Waals surface area contributed by atoms with E-state index in [0.717, 1.165) is 35.7 Å². The zero-order valence-corrected chi connectivity index (χ0v) is 14.1. The molecular formula is C18H20ClN3O2. The highest BCUT2D eigenvalue weighted by atomic mass is 35.5. The normalized spacial score (nSPS) is 16.8. The molecule has 2 N–H and O–H groups in total. The van der Waals surface area contributed by atoms with Crippen LogP contribution in [0.25, 0.3) is 0 Å². The first-order valence-electron chi connectivity index (χ1n) is 8.05. The van der Waals surface area contributed by atoms with Crippen molar-refractivity contribution in [3.63, 3.8) is 0 Å². The molecule has 0 radical (unpaired) electrons. The van der Waals surface area contributed by atoms with Gasteiger partial charge in [-0.2, -0.15) is 0 Å². The van der Waals surface area contributed by atoms with E-state index in [1.165, 1.54) is 0 Å². The number of ether oxygens (including phenoxy) is 1. The topological polar surface area (TPSA) is 63.2 Å². The van der Waals surface area contributed by atoms with Crippen LogP contribution in [0, 0.1) is 0 Å². The zero-order valence-electron chi connectivity index (χ0n) is 13.3. The lowest BCUT2D eigenvalue weighted by Gasteiger charge is -2.11. The molecule has 1 aromatic heterocycles. The van der Waals surface area contributed by atoms with Crippen molar-refractivity contribution in [3.8, 4) is 0 Å². The van der Waals surface area contributed by atoms with Gasteiger partial charge in [-0.25, -0.2) is 4.98 Å². The number of hydrogen-bond donors (Lipinski definition) is 2. The third kappa shape index (κ3) is 4.46. The molecule has 2 heterocycles. The smallest absolute Gasteiger partial charge is 0.269 e. The maximum Gasteiger partial charge on any atom is 0.269 e. The fraction of sp³-hybridized carbons (Fsp3) is 0.333. The number of carbonyl (C=O) groups is 1. The van der Waals surface area contributed by atoms with Crippen LogP contribution >= 0.6 is 11.6 Å². The first kappa shape index (κ1) is 16.7. The molecule has 1 saturated heterocycles. The summed E-state index contributed by atoms with van der Waals surface area (Å²) in [5.41, 5.74) is 2.25. The highest BCUT2D eigenvalue weighted by Crippen LogP contribution is 2.17. The van der Waals surface area contributed by atoms with E-state index in [1.54, 1.807) is 12.3 Å². The van der Waals surface area contributed by atoms with E-state index in [-0.39, 0.29) is 12.0 Å². The summed E-state index contributed by atoms with van der Waals surface area (Å²) in [4.78, 5) is 16.3. The number of benzene rings is 1. The minimum Gasteiger partial charge on any atom is -0.380 e. The van der Waals surface area contributed by atoms with Gasteiger partial charge in [-0.05, 0) is 36.6 Å². The Balaban J connectivity index is 1.51. The minimum absolute atomic E-state index is 0.130. The van der Waals surface area contributed by atoms with Gasteiger partial charge in [0.25, 0.3) is 5.91 Å². The molecule has 1 amide bonds. The van der Waals surface area contributed by atoms with Gasteiger partial charge in [0, 0.05) is 24.7 Å². The lowest BCUT2D eigenvalue weighted by atomic mass is 10.2. The molecule has 0 spiro atoms. The summed E-state index contributed by atoms with van der Waals surface area (Å²) < 4.78 is 5.49. The van der Waals surface area contributed by atoms with Crippen LogP contribution in [0.3, 0.4) is 0 Å². The van der Waals surface area contributed by atoms with E-state index in [4.69, 9.17) is 16.3 Å². The Bertz CT molecular complexity index is 685. The van der Waals surface area contributed by atoms with Crippen molar-refractivity contribution in [1.29, 1.82) is 0 Å². The first-order valence-corrected chi connectivity index (χ1v) is 8.43. The third-order valence-electron chi connectivity index (χ3n) is 3.95. The molecule has 1 aliphatic rings. The van der Waals surface area contributed by atoms with Crippen LogP contribution in [0.15, 0.2) is 42.6 Å². The van der Waals surface area contributed by atoms with Crippen LogP contribution in [0.5, 0.6) is 0 Å². The summed E-state index contributed by atoms with van der Waals surface area (Å²) in [6.07, 6.45) is 3.84. The van der Waals surface area contributed by atoms with Crippen LogP contribution < -0.4 is 10.6 Å². The van der Waals surface area contributed by atoms with Crippen molar-refractivity contribution in [1.82, 2.24) is 10.3 Å². The van der Waals surface area contributed by atoms with Crippen LogP contribution in [-0.2, 0) is 11.3 Å². The molecule has 0 aliphatic carbocycles. The maximum absolute atomic E-state index is 12.1. The number of carbonyl (C=O) groups excluding carboxylic acids is 1. The number of nitrogens with zero attached hydrogens (tertiary/aromatic N) is 1. The summed E-state index contributed by atoms with van der Waals surface area (Å²) in [6.45, 7) is 1.92. The van der Waals surface area contributed by atoms with E-state index in [9.17, 15) is 4.79 Å². The fourth-order valence-electron chi connectivity index (χ4n) is 2.57. The number of rotatable bonds is 6. The molecule has 1 aliphatic heterocycles. The lowest BCUT2D eigenvalue weighted by Crippen LogP contribution is -2.32. The average molecular weight is 346 g/mol. The van der Waals surface area contributed by atoms with E-state index in [0.29, 0.717) is 18.8 Å². The Morgan fingerprint density at radius 1 is 1.29 bits per heavy atom. The van der Waals surface area contributed by atoms with E-state index in [1.807, 2.05) is 30.3 Å². The quantitative estimate of drug-likeness (QED) is 0.843. The third-order valence-corrected chi connectivity index (χ3v) is 4.32. The molecule has 3 rings (SSSR count). The van der Waals surface area contributed by atoms with Gasteiger partial charge >= 0.3 is 0 Å². The predicted octanol–water partition coefficient (Wildman–Crippen LogP) is 3.26. The Kier molecular flexibility index (Phi) is 5.67. The van der Waals surface area contributed by atoms with Gasteiger partial charge in [0.05, 0.1) is 18.0 Å². The van der Waals surface area contributed by atoms with Crippen LogP contribution in [-0.4, -0.2) is 30.1 Å². The van der Waals surface area contributed by atoms with Crippen molar-refractivity contribution in [2.45, 2.75) is 25.5 Å². The van der Waals surface area contributed by atoms with Crippen molar-refractivity contribution < 1.29 is 9.53 Å². The Labute approximate surface area is 146 Å². The molecule has 1 fully saturated rings. The summed E-state index contributed by atoms with van der Waals surface area (Å²) in [6, 6.07) is 11.2. The van der Waals surface area contributed by atoms with Crippen molar-refractivity contribution in [3.05, 3.63) is 58.9 Å². The highest BCUT2D eigenvalue weighted by molar-refractivity contribution is 6.31. The number of amides is 1. The zero-order chi connectivity index (χ0) is 16.8. The number of halogens is 1. The maximum atomic E-state index is 12.1. The minimum atomic E-state index is -0.178. The van der Waals surface area contributed by atoms with Crippen LogP contribution in [0.4, 0.5) is 5.69 Å². The summed E-state index contributed by atoms with van der Waals surface area (Å²) in [5.74, 6) is -0.178. The molecule has 6 heteroatoms. The van der Waals surface area contributed by atoms with Crippen molar-refractivity contribution >= 4 is 23.2 Å². The Morgan fingerprint density at radius 3 is 2.88 bits per heavy atom. The Morgan fingerprint density at radius 2 is 2.17 bits per heavy atom. The summed E-state index contributed by atoms with van der Waals surface area (Å²) in [5, 5.41) is 6.83. The number of hydrogen-bond acceptors (Lipinski definition) is 4. The Hall–Kier alpha value is -2.11. The second-order valence-electron chi connectivity index (χ2n) is 5.72. The van der Waals surface area contributed by atoms with Gasteiger partial charge in [0.1, 0.15) is 5.69 Å². The highest BCUT2D eigenvalue weighted by Gasteiger charge is 2.17. The fourth-order valence-corrected chi connectivity index (χ4v) is 2.78. The van der Waals surface area contributed by atoms with Gasteiger partial charge in [-0.3, -0.25) is 4.79 Å². The van der Waals surface area contributed by atoms with Gasteiger partial charge in [0.15, 0.2) is 0 Å². The van der Waals surface area contributed by atoms with Gasteiger partial charge in [0.2, 0.25) is 0 Å². The number of pyridine rings is 1. The summed E-state index contributed by atoms with van der Waals surface area (Å²) >= 11 is 6.13. The standard InChI is InChI=1S/C18H20ClN3O2/c19-16-6-2-1-4-13(16)10-20-14-7-8-17(21-11-14)18(23)22-12-15-5-3-9-24-15/h1-2,4,6-8,11,15,20H,3,5,9-10,12H2,(H,22,23).